The van der Waals surface area contributed by atoms with E-state index in [4.69, 9.17) is 0 Å². The van der Waals surface area contributed by atoms with Crippen molar-refractivity contribution in [3.05, 3.63) is 65.2 Å². The minimum atomic E-state index is 0.113. The predicted octanol–water partition coefficient (Wildman–Crippen LogP) is 4.26. The average Bonchev–Trinajstić information content (AvgIpc) is 2.98. The predicted molar refractivity (Wildman–Crippen MR) is 102 cm³/mol. The van der Waals surface area contributed by atoms with Crippen molar-refractivity contribution in [2.45, 2.75) is 45.2 Å². The summed E-state index contributed by atoms with van der Waals surface area (Å²) in [5.74, 6) is 0.113. The third-order valence-corrected chi connectivity index (χ3v) is 5.48. The standard InChI is InChI=1S/C22H26N2O/c1-17-15-20-7-3-4-8-21(20)24(17)22(25)19-11-9-18(10-12-19)16-23-13-5-2-6-14-23/h3-4,7-12,17H,2,5-6,13-16H2,1H3/t17-/m1/s1. The van der Waals surface area contributed by atoms with Crippen LogP contribution in [0.5, 0.6) is 0 Å². The summed E-state index contributed by atoms with van der Waals surface area (Å²) in [6, 6.07) is 16.7. The monoisotopic (exact) mass is 334 g/mol. The first-order valence-electron chi connectivity index (χ1n) is 9.45. The fourth-order valence-electron chi connectivity index (χ4n) is 4.14. The molecule has 0 saturated carbocycles. The number of likely N-dealkylation sites (tertiary alicyclic amines) is 1. The van der Waals surface area contributed by atoms with Gasteiger partial charge in [0.1, 0.15) is 0 Å². The van der Waals surface area contributed by atoms with Gasteiger partial charge in [0, 0.05) is 23.8 Å². The lowest BCUT2D eigenvalue weighted by molar-refractivity contribution is 0.0981. The van der Waals surface area contributed by atoms with E-state index in [1.807, 2.05) is 23.1 Å². The van der Waals surface area contributed by atoms with Gasteiger partial charge in [-0.3, -0.25) is 9.69 Å². The molecule has 1 amide bonds. The van der Waals surface area contributed by atoms with Gasteiger partial charge in [0.2, 0.25) is 0 Å². The van der Waals surface area contributed by atoms with Crippen LogP contribution in [0.1, 0.15) is 47.7 Å². The molecule has 2 aliphatic heterocycles. The largest absolute Gasteiger partial charge is 0.305 e. The summed E-state index contributed by atoms with van der Waals surface area (Å²) in [5, 5.41) is 0. The normalized spacial score (nSPS) is 20.5. The van der Waals surface area contributed by atoms with Crippen LogP contribution in [0.25, 0.3) is 0 Å². The molecule has 2 aromatic rings. The lowest BCUT2D eigenvalue weighted by atomic mass is 10.1. The molecule has 0 aromatic heterocycles. The van der Waals surface area contributed by atoms with Gasteiger partial charge in [-0.05, 0) is 68.6 Å². The lowest BCUT2D eigenvalue weighted by Gasteiger charge is -2.26. The molecule has 3 nitrogen and oxygen atoms in total. The van der Waals surface area contributed by atoms with E-state index in [-0.39, 0.29) is 11.9 Å². The van der Waals surface area contributed by atoms with Gasteiger partial charge in [0.25, 0.3) is 5.91 Å². The Balaban J connectivity index is 1.49. The maximum Gasteiger partial charge on any atom is 0.258 e. The van der Waals surface area contributed by atoms with Crippen molar-refractivity contribution in [3.8, 4) is 0 Å². The molecule has 1 fully saturated rings. The Morgan fingerprint density at radius 3 is 2.48 bits per heavy atom. The summed E-state index contributed by atoms with van der Waals surface area (Å²) in [5.41, 5.74) is 4.42. The minimum absolute atomic E-state index is 0.113. The Morgan fingerprint density at radius 2 is 1.72 bits per heavy atom. The van der Waals surface area contributed by atoms with Crippen LogP contribution in [0.15, 0.2) is 48.5 Å². The van der Waals surface area contributed by atoms with Crippen molar-refractivity contribution in [1.29, 1.82) is 0 Å². The van der Waals surface area contributed by atoms with Crippen LogP contribution in [0, 0.1) is 0 Å². The second-order valence-electron chi connectivity index (χ2n) is 7.39. The van der Waals surface area contributed by atoms with E-state index >= 15 is 0 Å². The summed E-state index contributed by atoms with van der Waals surface area (Å²) >= 11 is 0. The number of hydrogen-bond acceptors (Lipinski definition) is 2. The topological polar surface area (TPSA) is 23.6 Å². The number of carbonyl (C=O) groups is 1. The fourth-order valence-corrected chi connectivity index (χ4v) is 4.14. The van der Waals surface area contributed by atoms with Crippen LogP contribution < -0.4 is 4.90 Å². The molecule has 0 radical (unpaired) electrons. The van der Waals surface area contributed by atoms with Crippen molar-refractivity contribution >= 4 is 11.6 Å². The van der Waals surface area contributed by atoms with Gasteiger partial charge < -0.3 is 4.90 Å². The zero-order valence-electron chi connectivity index (χ0n) is 14.9. The quantitative estimate of drug-likeness (QED) is 0.837. The van der Waals surface area contributed by atoms with Crippen LogP contribution in [0.3, 0.4) is 0 Å². The molecular weight excluding hydrogens is 308 g/mol. The Labute approximate surface area is 150 Å². The van der Waals surface area contributed by atoms with Gasteiger partial charge in [-0.2, -0.15) is 0 Å². The van der Waals surface area contributed by atoms with Crippen LogP contribution in [-0.4, -0.2) is 29.9 Å². The van der Waals surface area contributed by atoms with Gasteiger partial charge in [-0.1, -0.05) is 36.8 Å². The van der Waals surface area contributed by atoms with Crippen LogP contribution in [0.4, 0.5) is 5.69 Å². The van der Waals surface area contributed by atoms with Gasteiger partial charge in [0.05, 0.1) is 0 Å². The van der Waals surface area contributed by atoms with Crippen molar-refractivity contribution < 1.29 is 4.79 Å². The molecule has 0 unspecified atom stereocenters. The molecule has 2 heterocycles. The fraction of sp³-hybridized carbons (Fsp3) is 0.409. The number of carbonyl (C=O) groups excluding carboxylic acids is 1. The SMILES string of the molecule is C[C@@H]1Cc2ccccc2N1C(=O)c1ccc(CN2CCCCC2)cc1. The zero-order valence-corrected chi connectivity index (χ0v) is 14.9. The maximum atomic E-state index is 13.0. The van der Waals surface area contributed by atoms with Crippen LogP contribution >= 0.6 is 0 Å². The number of para-hydroxylation sites is 1. The molecule has 1 atom stereocenters. The number of rotatable bonds is 3. The number of benzene rings is 2. The first-order valence-corrected chi connectivity index (χ1v) is 9.45. The Morgan fingerprint density at radius 1 is 1.00 bits per heavy atom. The number of anilines is 1. The molecule has 3 heteroatoms. The second kappa shape index (κ2) is 7.01. The number of piperidine rings is 1. The molecule has 2 aliphatic rings. The van der Waals surface area contributed by atoms with E-state index in [1.54, 1.807) is 0 Å². The van der Waals surface area contributed by atoms with Gasteiger partial charge >= 0.3 is 0 Å². The highest BCUT2D eigenvalue weighted by Crippen LogP contribution is 2.33. The van der Waals surface area contributed by atoms with Crippen molar-refractivity contribution in [3.63, 3.8) is 0 Å². The average molecular weight is 334 g/mol. The van der Waals surface area contributed by atoms with E-state index in [1.165, 1.54) is 43.5 Å². The highest BCUT2D eigenvalue weighted by Gasteiger charge is 2.31. The first kappa shape index (κ1) is 16.3. The third-order valence-electron chi connectivity index (χ3n) is 5.48. The van der Waals surface area contributed by atoms with E-state index in [9.17, 15) is 4.79 Å². The maximum absolute atomic E-state index is 13.0. The number of nitrogens with zero attached hydrogens (tertiary/aromatic N) is 2. The smallest absolute Gasteiger partial charge is 0.258 e. The highest BCUT2D eigenvalue weighted by molar-refractivity contribution is 6.07. The molecule has 130 valence electrons. The van der Waals surface area contributed by atoms with Gasteiger partial charge in [-0.25, -0.2) is 0 Å². The lowest BCUT2D eigenvalue weighted by Crippen LogP contribution is -2.35. The Kier molecular flexibility index (Phi) is 4.58. The van der Waals surface area contributed by atoms with E-state index in [2.05, 4.69) is 42.2 Å². The van der Waals surface area contributed by atoms with Crippen LogP contribution in [-0.2, 0) is 13.0 Å². The summed E-state index contributed by atoms with van der Waals surface area (Å²) in [4.78, 5) is 17.5. The Hall–Kier alpha value is -2.13. The van der Waals surface area contributed by atoms with Crippen molar-refractivity contribution in [2.24, 2.45) is 0 Å². The molecular formula is C22H26N2O. The van der Waals surface area contributed by atoms with Crippen molar-refractivity contribution in [2.75, 3.05) is 18.0 Å². The number of hydrogen-bond donors (Lipinski definition) is 0. The second-order valence-corrected chi connectivity index (χ2v) is 7.39. The molecule has 1 saturated heterocycles. The molecule has 0 aliphatic carbocycles. The summed E-state index contributed by atoms with van der Waals surface area (Å²) in [6.45, 7) is 5.52. The third kappa shape index (κ3) is 3.34. The molecule has 0 bridgehead atoms. The molecule has 4 rings (SSSR count). The zero-order chi connectivity index (χ0) is 17.2. The van der Waals surface area contributed by atoms with Gasteiger partial charge in [-0.15, -0.1) is 0 Å². The molecule has 2 aromatic carbocycles. The summed E-state index contributed by atoms with van der Waals surface area (Å²) in [7, 11) is 0. The Bertz CT molecular complexity index is 747. The minimum Gasteiger partial charge on any atom is -0.305 e. The summed E-state index contributed by atoms with van der Waals surface area (Å²) < 4.78 is 0. The van der Waals surface area contributed by atoms with E-state index in [0.717, 1.165) is 24.2 Å². The number of fused-ring (bicyclic) bond motifs is 1. The number of amides is 1. The van der Waals surface area contributed by atoms with E-state index in [0.29, 0.717) is 0 Å². The van der Waals surface area contributed by atoms with Gasteiger partial charge in [0.15, 0.2) is 0 Å². The van der Waals surface area contributed by atoms with Crippen molar-refractivity contribution in [1.82, 2.24) is 4.90 Å². The highest BCUT2D eigenvalue weighted by atomic mass is 16.2. The van der Waals surface area contributed by atoms with E-state index < -0.39 is 0 Å². The molecule has 0 spiro atoms. The first-order chi connectivity index (χ1) is 12.2. The molecule has 0 N–H and O–H groups in total. The summed E-state index contributed by atoms with van der Waals surface area (Å²) in [6.07, 6.45) is 4.92. The van der Waals surface area contributed by atoms with Crippen LogP contribution in [0.2, 0.25) is 0 Å². The molecule has 25 heavy (non-hydrogen) atoms.